The summed E-state index contributed by atoms with van der Waals surface area (Å²) < 4.78 is 10.2. The predicted molar refractivity (Wildman–Crippen MR) is 101 cm³/mol. The number of ether oxygens (including phenoxy) is 2. The molecule has 28 heavy (non-hydrogen) atoms. The Labute approximate surface area is 160 Å². The highest BCUT2D eigenvalue weighted by atomic mass is 16.5. The summed E-state index contributed by atoms with van der Waals surface area (Å²) >= 11 is 0. The zero-order valence-corrected chi connectivity index (χ0v) is 15.7. The molecule has 0 saturated heterocycles. The van der Waals surface area contributed by atoms with E-state index in [9.17, 15) is 9.59 Å². The molecule has 2 N–H and O–H groups in total. The zero-order valence-electron chi connectivity index (χ0n) is 15.7. The van der Waals surface area contributed by atoms with Crippen molar-refractivity contribution in [2.24, 2.45) is 0 Å². The summed E-state index contributed by atoms with van der Waals surface area (Å²) in [4.78, 5) is 33.6. The second-order valence-electron chi connectivity index (χ2n) is 6.16. The molecule has 1 amide bonds. The average Bonchev–Trinajstić information content (AvgIpc) is 3.09. The maximum atomic E-state index is 12.4. The molecule has 10 nitrogen and oxygen atoms in total. The second-order valence-corrected chi connectivity index (χ2v) is 6.16. The van der Waals surface area contributed by atoms with Crippen LogP contribution >= 0.6 is 0 Å². The predicted octanol–water partition coefficient (Wildman–Crippen LogP) is 1.33. The Balaban J connectivity index is 1.70. The fraction of sp³-hybridized carbons (Fsp3) is 0.278. The number of fused-ring (bicyclic) bond motifs is 1. The van der Waals surface area contributed by atoms with Crippen LogP contribution in [-0.4, -0.2) is 71.3 Å². The summed E-state index contributed by atoms with van der Waals surface area (Å²) in [6, 6.07) is 5.44. The summed E-state index contributed by atoms with van der Waals surface area (Å²) in [6.07, 6.45) is 2.38. The van der Waals surface area contributed by atoms with Gasteiger partial charge in [-0.1, -0.05) is 0 Å². The van der Waals surface area contributed by atoms with Crippen LogP contribution in [0.25, 0.3) is 10.9 Å². The third-order valence-electron chi connectivity index (χ3n) is 3.85. The van der Waals surface area contributed by atoms with Crippen molar-refractivity contribution in [1.29, 1.82) is 0 Å². The third-order valence-corrected chi connectivity index (χ3v) is 3.85. The van der Waals surface area contributed by atoms with Crippen LogP contribution in [-0.2, 0) is 4.74 Å². The van der Waals surface area contributed by atoms with Crippen molar-refractivity contribution in [2.75, 3.05) is 39.7 Å². The topological polar surface area (TPSA) is 122 Å². The number of esters is 1. The number of nitrogens with one attached hydrogen (secondary N) is 2. The quantitative estimate of drug-likeness (QED) is 0.585. The molecule has 0 spiro atoms. The van der Waals surface area contributed by atoms with Gasteiger partial charge >= 0.3 is 5.97 Å². The molecule has 0 aliphatic heterocycles. The lowest BCUT2D eigenvalue weighted by Crippen LogP contribution is -2.19. The van der Waals surface area contributed by atoms with Crippen LogP contribution in [0, 0.1) is 0 Å². The Bertz CT molecular complexity index is 983. The van der Waals surface area contributed by atoms with E-state index in [2.05, 4.69) is 30.2 Å². The van der Waals surface area contributed by atoms with E-state index in [1.807, 2.05) is 37.2 Å². The number of likely N-dealkylation sites (N-methyl/N-ethyl adjacent to an activating group) is 1. The molecule has 2 aromatic heterocycles. The van der Waals surface area contributed by atoms with E-state index in [0.29, 0.717) is 18.2 Å². The lowest BCUT2D eigenvalue weighted by Gasteiger charge is -2.10. The Hall–Kier alpha value is -3.53. The molecule has 146 valence electrons. The number of rotatable bonds is 7. The van der Waals surface area contributed by atoms with Crippen molar-refractivity contribution >= 4 is 28.6 Å². The molecule has 1 aromatic carbocycles. The number of amides is 1. The normalized spacial score (nSPS) is 10.9. The first-order valence-corrected chi connectivity index (χ1v) is 8.45. The largest absolute Gasteiger partial charge is 0.492 e. The van der Waals surface area contributed by atoms with Gasteiger partial charge in [0.05, 0.1) is 25.0 Å². The molecule has 2 heterocycles. The Morgan fingerprint density at radius 2 is 1.93 bits per heavy atom. The van der Waals surface area contributed by atoms with Crippen molar-refractivity contribution in [3.05, 3.63) is 42.0 Å². The van der Waals surface area contributed by atoms with E-state index in [1.165, 1.54) is 19.5 Å². The van der Waals surface area contributed by atoms with Crippen LogP contribution in [0.4, 0.5) is 5.82 Å². The Morgan fingerprint density at radius 3 is 2.61 bits per heavy atom. The number of aromatic nitrogens is 4. The van der Waals surface area contributed by atoms with Crippen molar-refractivity contribution < 1.29 is 19.1 Å². The summed E-state index contributed by atoms with van der Waals surface area (Å²) in [5.41, 5.74) is 0.795. The smallest absolute Gasteiger partial charge is 0.358 e. The molecule has 0 unspecified atom stereocenters. The van der Waals surface area contributed by atoms with Gasteiger partial charge in [-0.15, -0.1) is 0 Å². The van der Waals surface area contributed by atoms with Gasteiger partial charge in [0.2, 0.25) is 0 Å². The number of carbonyl (C=O) groups excluding carboxylic acids is 2. The maximum absolute atomic E-state index is 12.4. The van der Waals surface area contributed by atoms with Gasteiger partial charge in [-0.3, -0.25) is 9.89 Å². The van der Waals surface area contributed by atoms with Gasteiger partial charge in [0.1, 0.15) is 18.1 Å². The molecule has 3 aromatic rings. The number of aromatic amines is 1. The molecule has 10 heteroatoms. The van der Waals surface area contributed by atoms with Crippen LogP contribution in [0.3, 0.4) is 0 Å². The number of carbonyl (C=O) groups is 2. The van der Waals surface area contributed by atoms with Gasteiger partial charge in [0.15, 0.2) is 11.5 Å². The van der Waals surface area contributed by atoms with Gasteiger partial charge in [0.25, 0.3) is 5.91 Å². The highest BCUT2D eigenvalue weighted by Gasteiger charge is 2.15. The maximum Gasteiger partial charge on any atom is 0.358 e. The number of nitrogens with zero attached hydrogens (tertiary/aromatic N) is 4. The van der Waals surface area contributed by atoms with Crippen molar-refractivity contribution in [1.82, 2.24) is 25.1 Å². The summed E-state index contributed by atoms with van der Waals surface area (Å²) in [5, 5.41) is 10.4. The number of methoxy groups -OCH3 is 1. The minimum absolute atomic E-state index is 0.0195. The first-order valence-electron chi connectivity index (χ1n) is 8.45. The summed E-state index contributed by atoms with van der Waals surface area (Å²) in [7, 11) is 5.19. The Morgan fingerprint density at radius 1 is 1.18 bits per heavy atom. The standard InChI is InChI=1S/C18H20N6O4/c1-24(2)6-7-28-11-4-5-12-13(8-11)22-23-16(12)21-17(25)14-9-20-15(10-19-14)18(26)27-3/h4-5,8-10H,6-7H2,1-3H3,(H2,21,22,23,25). The number of hydrogen-bond acceptors (Lipinski definition) is 8. The molecule has 0 radical (unpaired) electrons. The van der Waals surface area contributed by atoms with E-state index < -0.39 is 11.9 Å². The molecule has 0 aliphatic rings. The number of H-pyrrole nitrogens is 1. The zero-order chi connectivity index (χ0) is 20.1. The molecule has 0 aliphatic carbocycles. The van der Waals surface area contributed by atoms with Crippen molar-refractivity contribution in [2.45, 2.75) is 0 Å². The molecule has 3 rings (SSSR count). The van der Waals surface area contributed by atoms with Crippen LogP contribution in [0.2, 0.25) is 0 Å². The first kappa shape index (κ1) is 19.2. The van der Waals surface area contributed by atoms with Crippen LogP contribution in [0.1, 0.15) is 21.0 Å². The van der Waals surface area contributed by atoms with Gasteiger partial charge in [-0.25, -0.2) is 14.8 Å². The SMILES string of the molecule is COC(=O)c1cnc(C(=O)Nc2n[nH]c3cc(OCCN(C)C)ccc23)cn1. The van der Waals surface area contributed by atoms with Crippen LogP contribution in [0.15, 0.2) is 30.6 Å². The van der Waals surface area contributed by atoms with Gasteiger partial charge in [-0.05, 0) is 26.2 Å². The van der Waals surface area contributed by atoms with E-state index in [0.717, 1.165) is 17.4 Å². The van der Waals surface area contributed by atoms with Gasteiger partial charge in [-0.2, -0.15) is 5.10 Å². The third kappa shape index (κ3) is 4.41. The molecule has 0 atom stereocenters. The molecular weight excluding hydrogens is 364 g/mol. The van der Waals surface area contributed by atoms with E-state index in [1.54, 1.807) is 0 Å². The van der Waals surface area contributed by atoms with Crippen molar-refractivity contribution in [3.63, 3.8) is 0 Å². The molecule has 0 saturated carbocycles. The highest BCUT2D eigenvalue weighted by molar-refractivity contribution is 6.06. The number of hydrogen-bond donors (Lipinski definition) is 2. The minimum atomic E-state index is -0.624. The van der Waals surface area contributed by atoms with E-state index >= 15 is 0 Å². The highest BCUT2D eigenvalue weighted by Crippen LogP contribution is 2.25. The van der Waals surface area contributed by atoms with Gasteiger partial charge < -0.3 is 19.7 Å². The monoisotopic (exact) mass is 384 g/mol. The summed E-state index contributed by atoms with van der Waals surface area (Å²) in [5.74, 6) is -0.0520. The van der Waals surface area contributed by atoms with E-state index in [-0.39, 0.29) is 11.4 Å². The minimum Gasteiger partial charge on any atom is -0.492 e. The van der Waals surface area contributed by atoms with Crippen LogP contribution in [0.5, 0.6) is 5.75 Å². The summed E-state index contributed by atoms with van der Waals surface area (Å²) in [6.45, 7) is 1.37. The molecular formula is C18H20N6O4. The van der Waals surface area contributed by atoms with Crippen LogP contribution < -0.4 is 10.1 Å². The van der Waals surface area contributed by atoms with E-state index in [4.69, 9.17) is 4.74 Å². The number of anilines is 1. The molecule has 0 fully saturated rings. The second kappa shape index (κ2) is 8.44. The van der Waals surface area contributed by atoms with Crippen molar-refractivity contribution in [3.8, 4) is 5.75 Å². The number of benzene rings is 1. The van der Waals surface area contributed by atoms with Gasteiger partial charge in [0, 0.05) is 18.0 Å². The Kier molecular flexibility index (Phi) is 5.80. The molecule has 0 bridgehead atoms. The fourth-order valence-electron chi connectivity index (χ4n) is 2.36. The first-order chi connectivity index (χ1) is 13.5. The fourth-order valence-corrected chi connectivity index (χ4v) is 2.36. The average molecular weight is 384 g/mol. The lowest BCUT2D eigenvalue weighted by molar-refractivity contribution is 0.0593. The lowest BCUT2D eigenvalue weighted by atomic mass is 10.2.